The predicted octanol–water partition coefficient (Wildman–Crippen LogP) is 3.46. The quantitative estimate of drug-likeness (QED) is 0.384. The average Bonchev–Trinajstić information content (AvgIpc) is 2.62. The van der Waals surface area contributed by atoms with E-state index in [-0.39, 0.29) is 5.78 Å². The number of halogens is 1. The van der Waals surface area contributed by atoms with Gasteiger partial charge in [0.2, 0.25) is 5.60 Å². The van der Waals surface area contributed by atoms with E-state index in [2.05, 4.69) is 14.7 Å². The summed E-state index contributed by atoms with van der Waals surface area (Å²) >= 11 is 5.82. The van der Waals surface area contributed by atoms with Crippen molar-refractivity contribution in [3.05, 3.63) is 69.6 Å². The van der Waals surface area contributed by atoms with Crippen LogP contribution in [0.5, 0.6) is 5.75 Å². The molecule has 2 aromatic carbocycles. The number of rotatable bonds is 8. The highest BCUT2D eigenvalue weighted by molar-refractivity contribution is 6.30. The Morgan fingerprint density at radius 2 is 1.48 bits per heavy atom. The molecule has 0 atom stereocenters. The van der Waals surface area contributed by atoms with Gasteiger partial charge in [0.05, 0.1) is 7.11 Å². The van der Waals surface area contributed by atoms with Crippen LogP contribution in [0.15, 0.2) is 48.5 Å². The van der Waals surface area contributed by atoms with Gasteiger partial charge >= 0.3 is 11.1 Å². The Morgan fingerprint density at radius 1 is 0.963 bits per heavy atom. The standard InChI is InChI=1S/C18H17ClNO7/c1-18(2,17(22)26-20(23)27-24-3)25-15-10-6-13(7-11-15)16(21)12-4-8-14(19)9-5-12/h4-11H,1-3H3/q+1. The maximum atomic E-state index is 12.4. The molecular formula is C18H17ClNO7+. The van der Waals surface area contributed by atoms with Gasteiger partial charge in [-0.15, -0.1) is 4.89 Å². The molecule has 2 rings (SSSR count). The Hall–Kier alpha value is -2.97. The Bertz CT molecular complexity index is 832. The third kappa shape index (κ3) is 5.50. The van der Waals surface area contributed by atoms with Crippen LogP contribution in [-0.2, 0) is 19.5 Å². The zero-order valence-corrected chi connectivity index (χ0v) is 15.6. The van der Waals surface area contributed by atoms with Gasteiger partial charge in [-0.2, -0.15) is 0 Å². The minimum atomic E-state index is -1.50. The van der Waals surface area contributed by atoms with E-state index in [1.54, 1.807) is 36.4 Å². The van der Waals surface area contributed by atoms with Crippen LogP contribution in [0, 0.1) is 4.91 Å². The van der Waals surface area contributed by atoms with Crippen LogP contribution in [0.25, 0.3) is 0 Å². The van der Waals surface area contributed by atoms with Gasteiger partial charge < -0.3 is 4.74 Å². The molecule has 0 unspecified atom stereocenters. The first kappa shape index (κ1) is 20.3. The molecule has 0 amide bonds. The van der Waals surface area contributed by atoms with Crippen LogP contribution in [-0.4, -0.2) is 29.6 Å². The van der Waals surface area contributed by atoms with Crippen LogP contribution in [0.2, 0.25) is 5.02 Å². The minimum absolute atomic E-state index is 0.185. The summed E-state index contributed by atoms with van der Waals surface area (Å²) < 4.78 is 5.53. The molecule has 8 nitrogen and oxygen atoms in total. The van der Waals surface area contributed by atoms with E-state index in [0.29, 0.717) is 21.9 Å². The van der Waals surface area contributed by atoms with Crippen LogP contribution >= 0.6 is 11.6 Å². The topological polar surface area (TPSA) is 91.1 Å². The summed E-state index contributed by atoms with van der Waals surface area (Å²) in [6.07, 6.45) is 0. The first-order chi connectivity index (χ1) is 12.7. The summed E-state index contributed by atoms with van der Waals surface area (Å²) in [5.74, 6) is -0.888. The SMILES string of the molecule is COO[N+](=O)OC(=O)C(C)(C)Oc1ccc(C(=O)c2ccc(Cl)cc2)cc1. The molecule has 0 N–H and O–H groups in total. The van der Waals surface area contributed by atoms with E-state index in [1.807, 2.05) is 0 Å². The molecule has 0 bridgehead atoms. The van der Waals surface area contributed by atoms with Gasteiger partial charge in [-0.25, -0.2) is 4.79 Å². The number of carbonyl (C=O) groups excluding carboxylic acids is 2. The fraction of sp³-hybridized carbons (Fsp3) is 0.222. The van der Waals surface area contributed by atoms with Gasteiger partial charge in [0.1, 0.15) is 10.7 Å². The molecular weight excluding hydrogens is 378 g/mol. The van der Waals surface area contributed by atoms with E-state index in [9.17, 15) is 14.5 Å². The highest BCUT2D eigenvalue weighted by Gasteiger charge is 2.39. The Balaban J connectivity index is 2.06. The number of carbonyl (C=O) groups is 2. The van der Waals surface area contributed by atoms with Crippen molar-refractivity contribution in [2.75, 3.05) is 7.11 Å². The molecule has 9 heteroatoms. The molecule has 0 radical (unpaired) electrons. The van der Waals surface area contributed by atoms with Crippen LogP contribution in [0.1, 0.15) is 29.8 Å². The summed E-state index contributed by atoms with van der Waals surface area (Å²) in [6, 6.07) is 12.7. The van der Waals surface area contributed by atoms with Gasteiger partial charge in [-0.05, 0) is 62.4 Å². The lowest BCUT2D eigenvalue weighted by Crippen LogP contribution is -2.41. The molecule has 0 saturated heterocycles. The number of ether oxygens (including phenoxy) is 1. The van der Waals surface area contributed by atoms with E-state index in [1.165, 1.54) is 26.0 Å². The van der Waals surface area contributed by atoms with Gasteiger partial charge in [-0.1, -0.05) is 16.4 Å². The summed E-state index contributed by atoms with van der Waals surface area (Å²) in [7, 11) is 1.08. The molecule has 0 aliphatic heterocycles. The molecule has 0 aliphatic carbocycles. The fourth-order valence-corrected chi connectivity index (χ4v) is 2.16. The van der Waals surface area contributed by atoms with E-state index < -0.39 is 16.7 Å². The molecule has 0 fully saturated rings. The smallest absolute Gasteiger partial charge is 0.476 e. The van der Waals surface area contributed by atoms with Crippen LogP contribution in [0.4, 0.5) is 0 Å². The lowest BCUT2D eigenvalue weighted by molar-refractivity contribution is -1.02. The molecule has 142 valence electrons. The van der Waals surface area contributed by atoms with Crippen molar-refractivity contribution in [1.82, 2.24) is 0 Å². The van der Waals surface area contributed by atoms with Gasteiger partial charge in [0.25, 0.3) is 0 Å². The second kappa shape index (κ2) is 8.61. The van der Waals surface area contributed by atoms with Crippen LogP contribution < -0.4 is 4.74 Å². The highest BCUT2D eigenvalue weighted by atomic mass is 35.5. The molecule has 2 aromatic rings. The van der Waals surface area contributed by atoms with Crippen LogP contribution in [0.3, 0.4) is 0 Å². The molecule has 0 spiro atoms. The average molecular weight is 395 g/mol. The largest absolute Gasteiger partial charge is 0.521 e. The maximum Gasteiger partial charge on any atom is 0.521 e. The fourth-order valence-electron chi connectivity index (χ4n) is 2.03. The minimum Gasteiger partial charge on any atom is -0.476 e. The Kier molecular flexibility index (Phi) is 6.49. The number of hydrogen-bond acceptors (Lipinski definition) is 7. The normalized spacial score (nSPS) is 10.8. The van der Waals surface area contributed by atoms with Gasteiger partial charge in [-0.3, -0.25) is 4.79 Å². The number of benzene rings is 2. The molecule has 27 heavy (non-hydrogen) atoms. The lowest BCUT2D eigenvalue weighted by atomic mass is 10.0. The monoisotopic (exact) mass is 394 g/mol. The third-order valence-corrected chi connectivity index (χ3v) is 3.63. The van der Waals surface area contributed by atoms with Crippen molar-refractivity contribution in [2.45, 2.75) is 19.4 Å². The van der Waals surface area contributed by atoms with Crippen molar-refractivity contribution in [3.63, 3.8) is 0 Å². The highest BCUT2D eigenvalue weighted by Crippen LogP contribution is 2.22. The summed E-state index contributed by atoms with van der Waals surface area (Å²) in [5.41, 5.74) is -0.573. The second-order valence-electron chi connectivity index (χ2n) is 5.82. The summed E-state index contributed by atoms with van der Waals surface area (Å²) in [5, 5.41) is 0.0541. The van der Waals surface area contributed by atoms with Crippen molar-refractivity contribution in [1.29, 1.82) is 0 Å². The van der Waals surface area contributed by atoms with Crippen molar-refractivity contribution in [2.24, 2.45) is 0 Å². The zero-order chi connectivity index (χ0) is 20.0. The first-order valence-electron chi connectivity index (χ1n) is 7.72. The third-order valence-electron chi connectivity index (χ3n) is 3.38. The predicted molar refractivity (Wildman–Crippen MR) is 93.8 cm³/mol. The number of ketones is 1. The maximum absolute atomic E-state index is 12.4. The van der Waals surface area contributed by atoms with Crippen molar-refractivity contribution in [3.8, 4) is 5.75 Å². The molecule has 0 heterocycles. The summed E-state index contributed by atoms with van der Waals surface area (Å²) in [4.78, 5) is 47.8. The van der Waals surface area contributed by atoms with Gasteiger partial charge in [0, 0.05) is 21.1 Å². The van der Waals surface area contributed by atoms with E-state index in [4.69, 9.17) is 16.3 Å². The van der Waals surface area contributed by atoms with Crippen molar-refractivity contribution >= 4 is 23.4 Å². The second-order valence-corrected chi connectivity index (χ2v) is 6.25. The number of nitrogens with zero attached hydrogens (tertiary/aromatic N) is 1. The van der Waals surface area contributed by atoms with Crippen molar-refractivity contribution < 1.29 is 34.1 Å². The molecule has 0 aliphatic rings. The lowest BCUT2D eigenvalue weighted by Gasteiger charge is -2.20. The van der Waals surface area contributed by atoms with E-state index >= 15 is 0 Å². The summed E-state index contributed by atoms with van der Waals surface area (Å²) in [6.45, 7) is 2.81. The molecule has 0 saturated carbocycles. The first-order valence-corrected chi connectivity index (χ1v) is 8.10. The molecule has 0 aromatic heterocycles. The zero-order valence-electron chi connectivity index (χ0n) is 14.8. The Labute approximate surface area is 160 Å². The van der Waals surface area contributed by atoms with E-state index in [0.717, 1.165) is 7.11 Å². The Morgan fingerprint density at radius 3 is 2.00 bits per heavy atom. The van der Waals surface area contributed by atoms with Gasteiger partial charge in [0.15, 0.2) is 5.78 Å². The number of hydrogen-bond donors (Lipinski definition) is 0.